The lowest BCUT2D eigenvalue weighted by atomic mass is 10.1. The third-order valence-electron chi connectivity index (χ3n) is 8.38. The predicted octanol–water partition coefficient (Wildman–Crippen LogP) is 11.7. The van der Waals surface area contributed by atoms with E-state index in [9.17, 15) is 19.0 Å². The van der Waals surface area contributed by atoms with Crippen LogP contribution >= 0.6 is 7.82 Å². The highest BCUT2D eigenvalue weighted by atomic mass is 31.2. The van der Waals surface area contributed by atoms with E-state index in [1.807, 2.05) is 6.08 Å². The first-order chi connectivity index (χ1) is 25.8. The van der Waals surface area contributed by atoms with Crippen molar-refractivity contribution in [3.8, 4) is 0 Å². The zero-order valence-corrected chi connectivity index (χ0v) is 34.4. The molecule has 0 aromatic heterocycles. The smallest absolute Gasteiger partial charge is 0.462 e. The number of allylic oxidation sites excluding steroid dienone is 10. The summed E-state index contributed by atoms with van der Waals surface area (Å²) in [6, 6.07) is 0. The molecule has 0 saturated heterocycles. The van der Waals surface area contributed by atoms with Gasteiger partial charge in [0, 0.05) is 19.4 Å². The number of ether oxygens (including phenoxy) is 2. The summed E-state index contributed by atoms with van der Waals surface area (Å²) in [5.41, 5.74) is 5.34. The molecule has 0 bridgehead atoms. The zero-order chi connectivity index (χ0) is 38.9. The Morgan fingerprint density at radius 2 is 1.00 bits per heavy atom. The van der Waals surface area contributed by atoms with Crippen molar-refractivity contribution in [2.75, 3.05) is 26.4 Å². The Bertz CT molecular complexity index is 1050. The Labute approximate surface area is 323 Å². The Hall–Kier alpha value is -2.29. The van der Waals surface area contributed by atoms with Crippen molar-refractivity contribution < 1.29 is 37.6 Å². The highest BCUT2D eigenvalue weighted by Gasteiger charge is 2.25. The standard InChI is InChI=1S/C43H76NO8P/c1-3-5-7-9-11-13-15-17-19-20-22-23-25-27-29-31-33-35-42(45)49-39-41(40-51-53(47,48)50-38-37-44)52-43(46)36-34-32-30-28-26-24-21-18-16-14-12-10-8-6-4-2/h11,13-14,16-17,19,22-23,27,29,41H,3-10,12,15,18,20-21,24-26,28,30-40,44H2,1-2H3,(H,47,48)/b13-11+,16-14+,19-17+,23-22+,29-27+/t41-/m1/s1. The first-order valence-electron chi connectivity index (χ1n) is 20.8. The highest BCUT2D eigenvalue weighted by Crippen LogP contribution is 2.43. The Morgan fingerprint density at radius 3 is 1.57 bits per heavy atom. The molecule has 0 radical (unpaired) electrons. The monoisotopic (exact) mass is 766 g/mol. The number of phosphoric acid groups is 1. The van der Waals surface area contributed by atoms with Crippen LogP contribution in [0.4, 0.5) is 0 Å². The number of hydrogen-bond donors (Lipinski definition) is 2. The molecule has 0 spiro atoms. The maximum atomic E-state index is 12.6. The first-order valence-corrected chi connectivity index (χ1v) is 22.3. The van der Waals surface area contributed by atoms with Crippen molar-refractivity contribution in [2.24, 2.45) is 5.73 Å². The summed E-state index contributed by atoms with van der Waals surface area (Å²) < 4.78 is 32.7. The topological polar surface area (TPSA) is 134 Å². The molecule has 3 N–H and O–H groups in total. The molecule has 0 fully saturated rings. The molecule has 0 aromatic rings. The molecule has 0 aliphatic rings. The average molecular weight is 766 g/mol. The fraction of sp³-hybridized carbons (Fsp3) is 0.721. The maximum Gasteiger partial charge on any atom is 0.472 e. The van der Waals surface area contributed by atoms with E-state index in [4.69, 9.17) is 24.3 Å². The number of esters is 2. The minimum Gasteiger partial charge on any atom is -0.462 e. The predicted molar refractivity (Wildman–Crippen MR) is 219 cm³/mol. The molecule has 306 valence electrons. The van der Waals surface area contributed by atoms with Crippen LogP contribution in [0.3, 0.4) is 0 Å². The lowest BCUT2D eigenvalue weighted by Crippen LogP contribution is -2.29. The molecule has 10 heteroatoms. The van der Waals surface area contributed by atoms with E-state index in [2.05, 4.69) is 68.5 Å². The largest absolute Gasteiger partial charge is 0.472 e. The number of unbranched alkanes of at least 4 members (excludes halogenated alkanes) is 15. The molecular weight excluding hydrogens is 689 g/mol. The third kappa shape index (κ3) is 39.2. The van der Waals surface area contributed by atoms with Crippen LogP contribution < -0.4 is 5.73 Å². The van der Waals surface area contributed by atoms with Crippen molar-refractivity contribution in [1.29, 1.82) is 0 Å². The van der Waals surface area contributed by atoms with Crippen molar-refractivity contribution in [2.45, 2.75) is 174 Å². The second-order valence-corrected chi connectivity index (χ2v) is 14.9. The van der Waals surface area contributed by atoms with Crippen molar-refractivity contribution >= 4 is 19.8 Å². The van der Waals surface area contributed by atoms with E-state index >= 15 is 0 Å². The quantitative estimate of drug-likeness (QED) is 0.0272. The molecular formula is C43H76NO8P. The molecule has 53 heavy (non-hydrogen) atoms. The number of nitrogens with two attached hydrogens (primary N) is 1. The van der Waals surface area contributed by atoms with E-state index in [0.717, 1.165) is 51.4 Å². The number of carbonyl (C=O) groups excluding carboxylic acids is 2. The van der Waals surface area contributed by atoms with Crippen molar-refractivity contribution in [3.63, 3.8) is 0 Å². The molecule has 0 rings (SSSR count). The zero-order valence-electron chi connectivity index (χ0n) is 33.5. The first kappa shape index (κ1) is 50.7. The highest BCUT2D eigenvalue weighted by molar-refractivity contribution is 7.47. The Morgan fingerprint density at radius 1 is 0.566 bits per heavy atom. The number of carbonyl (C=O) groups is 2. The van der Waals surface area contributed by atoms with Gasteiger partial charge in [-0.1, -0.05) is 139 Å². The van der Waals surface area contributed by atoms with Gasteiger partial charge >= 0.3 is 19.8 Å². The number of hydrogen-bond acceptors (Lipinski definition) is 8. The summed E-state index contributed by atoms with van der Waals surface area (Å²) in [6.07, 6.45) is 45.4. The fourth-order valence-electron chi connectivity index (χ4n) is 5.27. The van der Waals surface area contributed by atoms with Crippen LogP contribution in [0.5, 0.6) is 0 Å². The van der Waals surface area contributed by atoms with Gasteiger partial charge in [-0.25, -0.2) is 4.57 Å². The van der Waals surface area contributed by atoms with Gasteiger partial charge in [-0.2, -0.15) is 0 Å². The van der Waals surface area contributed by atoms with Gasteiger partial charge in [-0.05, 0) is 77.0 Å². The fourth-order valence-corrected chi connectivity index (χ4v) is 6.03. The van der Waals surface area contributed by atoms with Crippen LogP contribution in [0.25, 0.3) is 0 Å². The number of phosphoric ester groups is 1. The molecule has 0 aliphatic carbocycles. The van der Waals surface area contributed by atoms with Crippen molar-refractivity contribution in [3.05, 3.63) is 60.8 Å². The number of rotatable bonds is 38. The van der Waals surface area contributed by atoms with Gasteiger partial charge in [-0.15, -0.1) is 0 Å². The van der Waals surface area contributed by atoms with Gasteiger partial charge in [0.2, 0.25) is 0 Å². The third-order valence-corrected chi connectivity index (χ3v) is 9.36. The molecule has 0 heterocycles. The van der Waals surface area contributed by atoms with Gasteiger partial charge < -0.3 is 20.1 Å². The minimum atomic E-state index is -4.39. The SMILES string of the molecule is CCCCC/C=C/C/C=C/C/C=C/C/C=C/CCCC(=O)OC[C@H](COP(=O)(O)OCCN)OC(=O)CCCCCCCCC/C=C/CCCCCC. The van der Waals surface area contributed by atoms with E-state index in [0.29, 0.717) is 12.8 Å². The van der Waals surface area contributed by atoms with Gasteiger partial charge in [0.1, 0.15) is 6.61 Å². The second kappa shape index (κ2) is 39.4. The molecule has 0 saturated carbocycles. The molecule has 9 nitrogen and oxygen atoms in total. The normalized spacial score (nSPS) is 14.0. The average Bonchev–Trinajstić information content (AvgIpc) is 3.14. The Kier molecular flexibility index (Phi) is 37.7. The van der Waals surface area contributed by atoms with E-state index in [-0.39, 0.29) is 32.6 Å². The van der Waals surface area contributed by atoms with Gasteiger partial charge in [-0.3, -0.25) is 18.6 Å². The summed E-state index contributed by atoms with van der Waals surface area (Å²) in [7, 11) is -4.39. The summed E-state index contributed by atoms with van der Waals surface area (Å²) in [6.45, 7) is 3.61. The van der Waals surface area contributed by atoms with E-state index in [1.165, 1.54) is 77.0 Å². The Balaban J connectivity index is 4.29. The van der Waals surface area contributed by atoms with Gasteiger partial charge in [0.25, 0.3) is 0 Å². The molecule has 0 aliphatic heterocycles. The maximum absolute atomic E-state index is 12.6. The molecule has 0 aromatic carbocycles. The summed E-state index contributed by atoms with van der Waals surface area (Å²) >= 11 is 0. The minimum absolute atomic E-state index is 0.0432. The summed E-state index contributed by atoms with van der Waals surface area (Å²) in [5.74, 6) is -0.903. The van der Waals surface area contributed by atoms with E-state index in [1.54, 1.807) is 0 Å². The van der Waals surface area contributed by atoms with Crippen LogP contribution in [0.2, 0.25) is 0 Å². The molecule has 0 amide bonds. The van der Waals surface area contributed by atoms with Crippen LogP contribution in [0.15, 0.2) is 60.8 Å². The van der Waals surface area contributed by atoms with Gasteiger partial charge in [0.15, 0.2) is 6.10 Å². The van der Waals surface area contributed by atoms with Crippen LogP contribution in [0, 0.1) is 0 Å². The van der Waals surface area contributed by atoms with Crippen LogP contribution in [0.1, 0.15) is 168 Å². The lowest BCUT2D eigenvalue weighted by molar-refractivity contribution is -0.161. The summed E-state index contributed by atoms with van der Waals surface area (Å²) in [4.78, 5) is 34.8. The van der Waals surface area contributed by atoms with E-state index < -0.39 is 32.5 Å². The molecule has 1 unspecified atom stereocenters. The van der Waals surface area contributed by atoms with Crippen LogP contribution in [-0.4, -0.2) is 49.3 Å². The van der Waals surface area contributed by atoms with Gasteiger partial charge in [0.05, 0.1) is 13.2 Å². The molecule has 2 atom stereocenters. The lowest BCUT2D eigenvalue weighted by Gasteiger charge is -2.19. The second-order valence-electron chi connectivity index (χ2n) is 13.5. The van der Waals surface area contributed by atoms with Crippen molar-refractivity contribution in [1.82, 2.24) is 0 Å². The summed E-state index contributed by atoms with van der Waals surface area (Å²) in [5, 5.41) is 0. The van der Waals surface area contributed by atoms with Crippen LogP contribution in [-0.2, 0) is 32.7 Å².